The van der Waals surface area contributed by atoms with Gasteiger partial charge in [0.05, 0.1) is 11.4 Å². The standard InChI is InChI=1S/C17H23N3O/c1-2-18-16(12-14-9-11-21-13-14)17-8-10-19-20(17)15-6-4-3-5-7-15/h3-8,10,14,16,18H,2,9,11-13H2,1H3. The Morgan fingerprint density at radius 3 is 2.90 bits per heavy atom. The maximum atomic E-state index is 5.52. The SMILES string of the molecule is CCNC(CC1CCOC1)c1ccnn1-c1ccccc1. The van der Waals surface area contributed by atoms with Gasteiger partial charge in [-0.2, -0.15) is 5.10 Å². The molecule has 1 aliphatic heterocycles. The minimum atomic E-state index is 0.324. The van der Waals surface area contributed by atoms with E-state index in [1.165, 1.54) is 12.1 Å². The highest BCUT2D eigenvalue weighted by atomic mass is 16.5. The van der Waals surface area contributed by atoms with Crippen LogP contribution in [0.15, 0.2) is 42.6 Å². The van der Waals surface area contributed by atoms with Gasteiger partial charge in [-0.1, -0.05) is 25.1 Å². The Balaban J connectivity index is 1.84. The maximum absolute atomic E-state index is 5.52. The molecule has 2 unspecified atom stereocenters. The third kappa shape index (κ3) is 3.34. The minimum Gasteiger partial charge on any atom is -0.381 e. The highest BCUT2D eigenvalue weighted by Crippen LogP contribution is 2.27. The number of para-hydroxylation sites is 1. The van der Waals surface area contributed by atoms with Crippen molar-refractivity contribution >= 4 is 0 Å². The first-order valence-corrected chi connectivity index (χ1v) is 7.79. The molecule has 0 aliphatic carbocycles. The molecule has 2 heterocycles. The van der Waals surface area contributed by atoms with Gasteiger partial charge >= 0.3 is 0 Å². The summed E-state index contributed by atoms with van der Waals surface area (Å²) in [4.78, 5) is 0. The fourth-order valence-corrected chi connectivity index (χ4v) is 3.02. The summed E-state index contributed by atoms with van der Waals surface area (Å²) < 4.78 is 7.56. The van der Waals surface area contributed by atoms with Crippen molar-refractivity contribution in [3.63, 3.8) is 0 Å². The molecular weight excluding hydrogens is 262 g/mol. The molecule has 2 atom stereocenters. The van der Waals surface area contributed by atoms with E-state index in [1.54, 1.807) is 0 Å². The Morgan fingerprint density at radius 2 is 2.19 bits per heavy atom. The molecule has 0 bridgehead atoms. The molecule has 0 spiro atoms. The van der Waals surface area contributed by atoms with Crippen molar-refractivity contribution in [3.8, 4) is 5.69 Å². The Kier molecular flexibility index (Phi) is 4.68. The lowest BCUT2D eigenvalue weighted by atomic mass is 9.97. The van der Waals surface area contributed by atoms with Gasteiger partial charge in [-0.15, -0.1) is 0 Å². The van der Waals surface area contributed by atoms with Crippen LogP contribution in [-0.2, 0) is 4.74 Å². The van der Waals surface area contributed by atoms with Crippen LogP contribution < -0.4 is 5.32 Å². The summed E-state index contributed by atoms with van der Waals surface area (Å²) in [5, 5.41) is 8.12. The Bertz CT molecular complexity index is 546. The quantitative estimate of drug-likeness (QED) is 0.887. The Labute approximate surface area is 126 Å². The maximum Gasteiger partial charge on any atom is 0.0649 e. The zero-order valence-corrected chi connectivity index (χ0v) is 12.5. The number of hydrogen-bond acceptors (Lipinski definition) is 3. The van der Waals surface area contributed by atoms with Gasteiger partial charge in [-0.3, -0.25) is 0 Å². The normalized spacial score (nSPS) is 19.8. The predicted molar refractivity (Wildman–Crippen MR) is 83.5 cm³/mol. The van der Waals surface area contributed by atoms with Gasteiger partial charge in [0.2, 0.25) is 0 Å². The minimum absolute atomic E-state index is 0.324. The molecule has 1 aromatic carbocycles. The van der Waals surface area contributed by atoms with Crippen LogP contribution in [-0.4, -0.2) is 29.5 Å². The molecule has 3 rings (SSSR count). The topological polar surface area (TPSA) is 39.1 Å². The van der Waals surface area contributed by atoms with Gasteiger partial charge < -0.3 is 10.1 Å². The number of ether oxygens (including phenoxy) is 1. The van der Waals surface area contributed by atoms with Crippen molar-refractivity contribution in [1.29, 1.82) is 0 Å². The van der Waals surface area contributed by atoms with Gasteiger partial charge in [-0.25, -0.2) is 4.68 Å². The number of nitrogens with one attached hydrogen (secondary N) is 1. The lowest BCUT2D eigenvalue weighted by Crippen LogP contribution is -2.26. The summed E-state index contributed by atoms with van der Waals surface area (Å²) in [7, 11) is 0. The average Bonchev–Trinajstić information content (AvgIpc) is 3.19. The fourth-order valence-electron chi connectivity index (χ4n) is 3.02. The summed E-state index contributed by atoms with van der Waals surface area (Å²) >= 11 is 0. The number of benzene rings is 1. The Hall–Kier alpha value is -1.65. The van der Waals surface area contributed by atoms with Crippen LogP contribution in [0.3, 0.4) is 0 Å². The zero-order valence-electron chi connectivity index (χ0n) is 12.5. The van der Waals surface area contributed by atoms with E-state index in [0.717, 1.165) is 31.9 Å². The smallest absolute Gasteiger partial charge is 0.0649 e. The number of hydrogen-bond donors (Lipinski definition) is 1. The molecule has 1 saturated heterocycles. The van der Waals surface area contributed by atoms with Crippen molar-refractivity contribution in [2.75, 3.05) is 19.8 Å². The van der Waals surface area contributed by atoms with E-state index < -0.39 is 0 Å². The molecule has 4 nitrogen and oxygen atoms in total. The molecule has 0 amide bonds. The molecule has 0 saturated carbocycles. The largest absolute Gasteiger partial charge is 0.381 e. The number of rotatable bonds is 6. The summed E-state index contributed by atoms with van der Waals surface area (Å²) in [6.07, 6.45) is 4.16. The summed E-state index contributed by atoms with van der Waals surface area (Å²) in [6, 6.07) is 12.8. The van der Waals surface area contributed by atoms with Crippen LogP contribution in [0.25, 0.3) is 5.69 Å². The fraction of sp³-hybridized carbons (Fsp3) is 0.471. The van der Waals surface area contributed by atoms with E-state index in [1.807, 2.05) is 29.1 Å². The van der Waals surface area contributed by atoms with Gasteiger partial charge in [0.15, 0.2) is 0 Å². The first kappa shape index (κ1) is 14.3. The van der Waals surface area contributed by atoms with Crippen LogP contribution >= 0.6 is 0 Å². The second kappa shape index (κ2) is 6.87. The molecule has 1 aromatic heterocycles. The van der Waals surface area contributed by atoms with Crippen LogP contribution in [0.5, 0.6) is 0 Å². The van der Waals surface area contributed by atoms with Crippen LogP contribution in [0.2, 0.25) is 0 Å². The van der Waals surface area contributed by atoms with Gasteiger partial charge in [0.1, 0.15) is 0 Å². The number of nitrogens with zero attached hydrogens (tertiary/aromatic N) is 2. The van der Waals surface area contributed by atoms with Crippen molar-refractivity contribution in [2.24, 2.45) is 5.92 Å². The Morgan fingerprint density at radius 1 is 1.33 bits per heavy atom. The monoisotopic (exact) mass is 285 g/mol. The summed E-state index contributed by atoms with van der Waals surface area (Å²) in [5.74, 6) is 0.646. The third-order valence-electron chi connectivity index (χ3n) is 4.07. The first-order chi connectivity index (χ1) is 10.4. The van der Waals surface area contributed by atoms with E-state index in [0.29, 0.717) is 12.0 Å². The highest BCUT2D eigenvalue weighted by molar-refractivity contribution is 5.33. The van der Waals surface area contributed by atoms with Crippen LogP contribution in [0.1, 0.15) is 31.5 Å². The molecule has 1 N–H and O–H groups in total. The second-order valence-corrected chi connectivity index (χ2v) is 5.58. The third-order valence-corrected chi connectivity index (χ3v) is 4.07. The highest BCUT2D eigenvalue weighted by Gasteiger charge is 2.23. The average molecular weight is 285 g/mol. The molecule has 4 heteroatoms. The van der Waals surface area contributed by atoms with Crippen molar-refractivity contribution in [2.45, 2.75) is 25.8 Å². The lowest BCUT2D eigenvalue weighted by Gasteiger charge is -2.22. The molecule has 1 fully saturated rings. The van der Waals surface area contributed by atoms with E-state index in [2.05, 4.69) is 35.5 Å². The molecule has 21 heavy (non-hydrogen) atoms. The van der Waals surface area contributed by atoms with Crippen LogP contribution in [0, 0.1) is 5.92 Å². The summed E-state index contributed by atoms with van der Waals surface area (Å²) in [5.41, 5.74) is 2.35. The molecule has 2 aromatic rings. The predicted octanol–water partition coefficient (Wildman–Crippen LogP) is 2.95. The van der Waals surface area contributed by atoms with Gasteiger partial charge in [0, 0.05) is 25.5 Å². The molecule has 0 radical (unpaired) electrons. The van der Waals surface area contributed by atoms with Crippen molar-refractivity contribution in [3.05, 3.63) is 48.3 Å². The van der Waals surface area contributed by atoms with Gasteiger partial charge in [-0.05, 0) is 43.5 Å². The van der Waals surface area contributed by atoms with Gasteiger partial charge in [0.25, 0.3) is 0 Å². The number of aromatic nitrogens is 2. The van der Waals surface area contributed by atoms with E-state index in [-0.39, 0.29) is 0 Å². The molecule has 1 aliphatic rings. The zero-order chi connectivity index (χ0) is 14.5. The van der Waals surface area contributed by atoms with Crippen molar-refractivity contribution in [1.82, 2.24) is 15.1 Å². The lowest BCUT2D eigenvalue weighted by molar-refractivity contribution is 0.181. The molecular formula is C17H23N3O. The first-order valence-electron chi connectivity index (χ1n) is 7.79. The van der Waals surface area contributed by atoms with Crippen LogP contribution in [0.4, 0.5) is 0 Å². The van der Waals surface area contributed by atoms with E-state index >= 15 is 0 Å². The van der Waals surface area contributed by atoms with Crippen molar-refractivity contribution < 1.29 is 4.74 Å². The van der Waals surface area contributed by atoms with E-state index in [9.17, 15) is 0 Å². The van der Waals surface area contributed by atoms with E-state index in [4.69, 9.17) is 4.74 Å². The second-order valence-electron chi connectivity index (χ2n) is 5.58. The molecule has 112 valence electrons. The summed E-state index contributed by atoms with van der Waals surface area (Å²) in [6.45, 7) is 4.91.